The monoisotopic (exact) mass is 685 g/mol. The van der Waals surface area contributed by atoms with E-state index in [1.54, 1.807) is 53.7 Å². The molecule has 0 radical (unpaired) electrons. The molecule has 4 aliphatic rings. The number of hydrogen-bond acceptors (Lipinski definition) is 13. The molecule has 0 saturated carbocycles. The van der Waals surface area contributed by atoms with Crippen LogP contribution in [0.2, 0.25) is 0 Å². The second-order valence-electron chi connectivity index (χ2n) is 15.5. The predicted octanol–water partition coefficient (Wildman–Crippen LogP) is 4.08. The summed E-state index contributed by atoms with van der Waals surface area (Å²) in [6.45, 7) is 13.4. The largest absolute Gasteiger partial charge is 0.514 e. The van der Waals surface area contributed by atoms with Crippen LogP contribution in [0.3, 0.4) is 0 Å². The number of Topliss-reactive ketones (excluding diaryl/α,β-unsaturated/α-hetero) is 1. The summed E-state index contributed by atoms with van der Waals surface area (Å²) >= 11 is 0. The predicted molar refractivity (Wildman–Crippen MR) is 173 cm³/mol. The molecule has 1 aromatic rings. The van der Waals surface area contributed by atoms with E-state index in [1.807, 2.05) is 13.1 Å². The van der Waals surface area contributed by atoms with Crippen molar-refractivity contribution >= 4 is 29.8 Å². The van der Waals surface area contributed by atoms with Crippen molar-refractivity contribution in [2.45, 2.75) is 128 Å². The number of piperidine rings is 1. The van der Waals surface area contributed by atoms with Gasteiger partial charge in [-0.3, -0.25) is 19.2 Å². The molecule has 13 heteroatoms. The summed E-state index contributed by atoms with van der Waals surface area (Å²) in [5.41, 5.74) is -2.43. The molecule has 2 aliphatic heterocycles. The van der Waals surface area contributed by atoms with Gasteiger partial charge >= 0.3 is 24.1 Å². The quantitative estimate of drug-likeness (QED) is 0.225. The zero-order chi connectivity index (χ0) is 36.3. The maximum Gasteiger partial charge on any atom is 0.514 e. The van der Waals surface area contributed by atoms with Gasteiger partial charge in [0.05, 0.1) is 23.4 Å². The Morgan fingerprint density at radius 2 is 1.69 bits per heavy atom. The Hall–Kier alpha value is -3.97. The molecule has 5 rings (SSSR count). The first-order valence-electron chi connectivity index (χ1n) is 16.6. The lowest BCUT2D eigenvalue weighted by molar-refractivity contribution is -0.172. The standard InChI is InChI=1S/C36H47NO12/c1-19(44-20(2)38)23(39)16-22(18-27(40)48-33(3,4)5)31(41)45-25-12-13-36(43)26-17-21-10-11-24(46-32(42)49-34(6,7)8)29-28(21)35(36,30(25)47-29)14-15-37(26)9/h10-12,19,22,26,30,43H,13-18H2,1-9H3/t19?,22?,26-,30+,35+,36-/m1/s1. The minimum atomic E-state index is -1.32. The van der Waals surface area contributed by atoms with E-state index in [2.05, 4.69) is 4.90 Å². The van der Waals surface area contributed by atoms with Crippen LogP contribution in [-0.2, 0) is 50.0 Å². The van der Waals surface area contributed by atoms with Crippen molar-refractivity contribution in [3.8, 4) is 11.5 Å². The van der Waals surface area contributed by atoms with Crippen molar-refractivity contribution in [1.82, 2.24) is 4.90 Å². The molecule has 1 aromatic carbocycles. The summed E-state index contributed by atoms with van der Waals surface area (Å²) in [6, 6.07) is 3.21. The van der Waals surface area contributed by atoms with E-state index in [9.17, 15) is 29.1 Å². The van der Waals surface area contributed by atoms with Crippen LogP contribution in [-0.4, -0.2) is 88.5 Å². The van der Waals surface area contributed by atoms with Gasteiger partial charge in [0.1, 0.15) is 17.0 Å². The van der Waals surface area contributed by atoms with Crippen molar-refractivity contribution < 1.29 is 57.5 Å². The van der Waals surface area contributed by atoms with Crippen molar-refractivity contribution in [2.75, 3.05) is 13.6 Å². The normalized spacial score (nSPS) is 26.6. The summed E-state index contributed by atoms with van der Waals surface area (Å²) in [7, 11) is 1.96. The Labute approximate surface area is 286 Å². The fourth-order valence-electron chi connectivity index (χ4n) is 7.61. The number of ketones is 1. The number of likely N-dealkylation sites (tertiary alicyclic amines) is 1. The lowest BCUT2D eigenvalue weighted by Gasteiger charge is -2.61. The number of hydrogen-bond donors (Lipinski definition) is 1. The second kappa shape index (κ2) is 12.7. The van der Waals surface area contributed by atoms with E-state index in [-0.39, 0.29) is 29.7 Å². The zero-order valence-electron chi connectivity index (χ0n) is 29.7. The molecule has 0 aromatic heterocycles. The van der Waals surface area contributed by atoms with Crippen LogP contribution in [0.4, 0.5) is 4.79 Å². The number of rotatable bonds is 9. The summed E-state index contributed by atoms with van der Waals surface area (Å²) in [5, 5.41) is 12.6. The highest BCUT2D eigenvalue weighted by molar-refractivity contribution is 5.90. The number of esters is 3. The molecule has 49 heavy (non-hydrogen) atoms. The molecule has 0 amide bonds. The van der Waals surface area contributed by atoms with Gasteiger partial charge in [0.15, 0.2) is 29.5 Å². The third-order valence-corrected chi connectivity index (χ3v) is 9.55. The molecule has 2 heterocycles. The number of nitrogens with zero attached hydrogens (tertiary/aromatic N) is 1. The van der Waals surface area contributed by atoms with Crippen LogP contribution in [0.25, 0.3) is 0 Å². The van der Waals surface area contributed by atoms with Crippen LogP contribution in [0.1, 0.15) is 92.2 Å². The molecule has 1 N–H and O–H groups in total. The molecule has 268 valence electrons. The molecule has 2 unspecified atom stereocenters. The fraction of sp³-hybridized carbons (Fsp3) is 0.639. The molecule has 13 nitrogen and oxygen atoms in total. The van der Waals surface area contributed by atoms with Crippen molar-refractivity contribution in [1.29, 1.82) is 0 Å². The summed E-state index contributed by atoms with van der Waals surface area (Å²) in [5.74, 6) is -3.63. The third-order valence-electron chi connectivity index (χ3n) is 9.55. The number of ether oxygens (including phenoxy) is 6. The fourth-order valence-corrected chi connectivity index (χ4v) is 7.61. The Bertz CT molecular complexity index is 1580. The molecular weight excluding hydrogens is 638 g/mol. The highest BCUT2D eigenvalue weighted by atomic mass is 16.7. The Kier molecular flexibility index (Phi) is 9.43. The van der Waals surface area contributed by atoms with E-state index in [0.717, 1.165) is 5.56 Å². The average Bonchev–Trinajstić information content (AvgIpc) is 3.30. The maximum absolute atomic E-state index is 13.9. The van der Waals surface area contributed by atoms with Crippen LogP contribution in [0, 0.1) is 5.92 Å². The van der Waals surface area contributed by atoms with E-state index >= 15 is 0 Å². The molecule has 2 bridgehead atoms. The van der Waals surface area contributed by atoms with Crippen LogP contribution >= 0.6 is 0 Å². The molecule has 1 saturated heterocycles. The van der Waals surface area contributed by atoms with Gasteiger partial charge in [0.25, 0.3) is 0 Å². The molecular formula is C36H47NO12. The molecule has 1 fully saturated rings. The van der Waals surface area contributed by atoms with E-state index < -0.39 is 83.0 Å². The van der Waals surface area contributed by atoms with E-state index in [4.69, 9.17) is 28.4 Å². The van der Waals surface area contributed by atoms with Gasteiger partial charge in [-0.15, -0.1) is 0 Å². The van der Waals surface area contributed by atoms with Gasteiger partial charge in [-0.25, -0.2) is 4.79 Å². The minimum absolute atomic E-state index is 0.107. The molecule has 1 spiro atoms. The van der Waals surface area contributed by atoms with Gasteiger partial charge in [0.2, 0.25) is 0 Å². The SMILES string of the molecule is CC(=O)OC(C)C(=O)CC(CC(=O)OC(C)(C)C)C(=O)OC1=CC[C@@]2(O)[C@H]3Cc4ccc(OC(=O)OC(C)(C)C)c5c4[C@@]2(CCN3C)[C@H]1O5. The highest BCUT2D eigenvalue weighted by Gasteiger charge is 2.72. The summed E-state index contributed by atoms with van der Waals surface area (Å²) in [6.07, 6.45) is -1.30. The number of carbonyl (C=O) groups excluding carboxylic acids is 5. The Balaban J connectivity index is 1.49. The van der Waals surface area contributed by atoms with E-state index in [1.165, 1.54) is 13.8 Å². The first-order valence-corrected chi connectivity index (χ1v) is 16.6. The van der Waals surface area contributed by atoms with Gasteiger partial charge in [-0.1, -0.05) is 6.07 Å². The summed E-state index contributed by atoms with van der Waals surface area (Å²) in [4.78, 5) is 66.2. The van der Waals surface area contributed by atoms with Crippen molar-refractivity contribution in [2.24, 2.45) is 5.92 Å². The van der Waals surface area contributed by atoms with Gasteiger partial charge in [-0.05, 0) is 92.6 Å². The number of aliphatic hydroxyl groups is 1. The lowest BCUT2D eigenvalue weighted by Crippen LogP contribution is -2.74. The topological polar surface area (TPSA) is 164 Å². The van der Waals surface area contributed by atoms with Gasteiger partial charge < -0.3 is 38.4 Å². The second-order valence-corrected chi connectivity index (χ2v) is 15.5. The Morgan fingerprint density at radius 1 is 1.02 bits per heavy atom. The van der Waals surface area contributed by atoms with Crippen LogP contribution in [0.15, 0.2) is 24.0 Å². The molecule has 6 atom stereocenters. The first kappa shape index (κ1) is 36.3. The lowest BCUT2D eigenvalue weighted by atomic mass is 9.50. The van der Waals surface area contributed by atoms with Crippen LogP contribution in [0.5, 0.6) is 11.5 Å². The van der Waals surface area contributed by atoms with Crippen molar-refractivity contribution in [3.05, 3.63) is 35.1 Å². The highest BCUT2D eigenvalue weighted by Crippen LogP contribution is 2.65. The summed E-state index contributed by atoms with van der Waals surface area (Å²) < 4.78 is 34.1. The zero-order valence-corrected chi connectivity index (χ0v) is 29.7. The maximum atomic E-state index is 13.9. The first-order chi connectivity index (χ1) is 22.6. The molecule has 2 aliphatic carbocycles. The smallest absolute Gasteiger partial charge is 0.477 e. The average molecular weight is 686 g/mol. The number of carbonyl (C=O) groups is 5. The van der Waals surface area contributed by atoms with Gasteiger partial charge in [0, 0.05) is 31.4 Å². The van der Waals surface area contributed by atoms with Crippen LogP contribution < -0.4 is 9.47 Å². The third kappa shape index (κ3) is 6.92. The van der Waals surface area contributed by atoms with Gasteiger partial charge in [-0.2, -0.15) is 0 Å². The number of likely N-dealkylation sites (N-methyl/N-ethyl adjacent to an activating group) is 1. The van der Waals surface area contributed by atoms with Crippen molar-refractivity contribution in [3.63, 3.8) is 0 Å². The Morgan fingerprint density at radius 3 is 2.33 bits per heavy atom. The number of benzene rings is 1. The van der Waals surface area contributed by atoms with E-state index in [0.29, 0.717) is 24.9 Å². The minimum Gasteiger partial charge on any atom is -0.477 e.